The van der Waals surface area contributed by atoms with Crippen LogP contribution < -0.4 is 11.1 Å². The number of ketones is 2. The smallest absolute Gasteiger partial charge is 0.323 e. The number of ether oxygens (including phenoxy) is 1. The second-order valence-corrected chi connectivity index (χ2v) is 4.62. The molecule has 0 aromatic carbocycles. The minimum atomic E-state index is -0.970. The van der Waals surface area contributed by atoms with Crippen LogP contribution in [0.3, 0.4) is 0 Å². The summed E-state index contributed by atoms with van der Waals surface area (Å²) in [5.74, 6) is -1.70. The number of carboxylic acid groups (broad SMARTS) is 1. The van der Waals surface area contributed by atoms with Gasteiger partial charge in [-0.3, -0.25) is 19.2 Å². The number of carbonyl (C=O) groups is 4. The highest BCUT2D eigenvalue weighted by Crippen LogP contribution is 1.93. The average molecular weight is 318 g/mol. The summed E-state index contributed by atoms with van der Waals surface area (Å²) in [4.78, 5) is 42.2. The van der Waals surface area contributed by atoms with E-state index in [1.54, 1.807) is 13.8 Å². The third-order valence-corrected chi connectivity index (χ3v) is 2.34. The first-order valence-electron chi connectivity index (χ1n) is 7.02. The maximum absolute atomic E-state index is 10.8. The molecule has 4 N–H and O–H groups in total. The van der Waals surface area contributed by atoms with Crippen molar-refractivity contribution in [1.82, 2.24) is 5.32 Å². The van der Waals surface area contributed by atoms with Crippen LogP contribution in [0, 0.1) is 0 Å². The van der Waals surface area contributed by atoms with E-state index in [0.29, 0.717) is 13.2 Å². The van der Waals surface area contributed by atoms with Crippen LogP contribution in [-0.4, -0.2) is 53.8 Å². The Hall–Kier alpha value is -1.80. The van der Waals surface area contributed by atoms with E-state index in [4.69, 9.17) is 10.8 Å². The van der Waals surface area contributed by atoms with Crippen LogP contribution >= 0.6 is 0 Å². The Morgan fingerprint density at radius 2 is 1.59 bits per heavy atom. The van der Waals surface area contributed by atoms with Gasteiger partial charge in [0.2, 0.25) is 0 Å². The second-order valence-electron chi connectivity index (χ2n) is 4.62. The Morgan fingerprint density at radius 1 is 1.09 bits per heavy atom. The number of hydrogen-bond donors (Lipinski definition) is 3. The van der Waals surface area contributed by atoms with Crippen molar-refractivity contribution in [3.05, 3.63) is 0 Å². The monoisotopic (exact) mass is 318 g/mol. The van der Waals surface area contributed by atoms with E-state index in [0.717, 1.165) is 0 Å². The summed E-state index contributed by atoms with van der Waals surface area (Å²) in [5, 5.41) is 11.2. The van der Waals surface area contributed by atoms with Gasteiger partial charge in [-0.1, -0.05) is 6.92 Å². The third kappa shape index (κ3) is 13.2. The SMILES string of the molecule is CCNC(CC(C)=O)C(=O)O.CCOC(=O)C(N)CC(C)=O. The number of aliphatic carboxylic acids is 1. The number of carbonyl (C=O) groups excluding carboxylic acids is 3. The summed E-state index contributed by atoms with van der Waals surface area (Å²) < 4.78 is 4.59. The van der Waals surface area contributed by atoms with E-state index in [2.05, 4.69) is 10.1 Å². The molecular formula is C14H26N2O6. The van der Waals surface area contributed by atoms with Gasteiger partial charge in [-0.15, -0.1) is 0 Å². The zero-order chi connectivity index (χ0) is 17.7. The lowest BCUT2D eigenvalue weighted by Crippen LogP contribution is -2.37. The minimum absolute atomic E-state index is 0.0544. The Kier molecular flexibility index (Phi) is 13.2. The van der Waals surface area contributed by atoms with E-state index in [-0.39, 0.29) is 24.4 Å². The number of carboxylic acids is 1. The first-order chi connectivity index (χ1) is 10.1. The topological polar surface area (TPSA) is 136 Å². The van der Waals surface area contributed by atoms with Gasteiger partial charge >= 0.3 is 11.9 Å². The number of likely N-dealkylation sites (N-methyl/N-ethyl adjacent to an activating group) is 1. The molecule has 0 spiro atoms. The number of Topliss-reactive ketones (excluding diaryl/α,β-unsaturated/α-hetero) is 2. The van der Waals surface area contributed by atoms with Crippen molar-refractivity contribution in [2.75, 3.05) is 13.2 Å². The molecule has 2 atom stereocenters. The number of esters is 1. The summed E-state index contributed by atoms with van der Waals surface area (Å²) in [6.07, 6.45) is 0.113. The maximum atomic E-state index is 10.8. The van der Waals surface area contributed by atoms with Crippen molar-refractivity contribution >= 4 is 23.5 Å². The molecule has 0 rings (SSSR count). The molecule has 0 aliphatic heterocycles. The van der Waals surface area contributed by atoms with Crippen molar-refractivity contribution in [3.8, 4) is 0 Å². The van der Waals surface area contributed by atoms with Gasteiger partial charge < -0.3 is 20.9 Å². The van der Waals surface area contributed by atoms with Gasteiger partial charge in [-0.05, 0) is 27.3 Å². The summed E-state index contributed by atoms with van der Waals surface area (Å²) in [6.45, 7) is 7.12. The molecular weight excluding hydrogens is 292 g/mol. The minimum Gasteiger partial charge on any atom is -0.480 e. The first-order valence-corrected chi connectivity index (χ1v) is 7.02. The lowest BCUT2D eigenvalue weighted by molar-refractivity contribution is -0.145. The van der Waals surface area contributed by atoms with Gasteiger partial charge in [0.05, 0.1) is 6.61 Å². The average Bonchev–Trinajstić information content (AvgIpc) is 2.37. The van der Waals surface area contributed by atoms with Crippen LogP contribution in [0.1, 0.15) is 40.5 Å². The van der Waals surface area contributed by atoms with E-state index < -0.39 is 24.0 Å². The van der Waals surface area contributed by atoms with Gasteiger partial charge in [0, 0.05) is 12.8 Å². The van der Waals surface area contributed by atoms with Crippen molar-refractivity contribution in [2.45, 2.75) is 52.6 Å². The van der Waals surface area contributed by atoms with E-state index >= 15 is 0 Å². The summed E-state index contributed by atoms with van der Waals surface area (Å²) in [7, 11) is 0. The lowest BCUT2D eigenvalue weighted by atomic mass is 10.1. The number of hydrogen-bond acceptors (Lipinski definition) is 7. The van der Waals surface area contributed by atoms with Crippen LogP contribution in [0.25, 0.3) is 0 Å². The summed E-state index contributed by atoms with van der Waals surface area (Å²) in [6, 6.07) is -1.52. The predicted octanol–water partition coefficient (Wildman–Crippen LogP) is -0.116. The highest BCUT2D eigenvalue weighted by Gasteiger charge is 2.17. The molecule has 8 heteroatoms. The van der Waals surface area contributed by atoms with Crippen LogP contribution in [-0.2, 0) is 23.9 Å². The zero-order valence-electron chi connectivity index (χ0n) is 13.5. The Balaban J connectivity index is 0. The fourth-order valence-corrected chi connectivity index (χ4v) is 1.42. The molecule has 0 fully saturated rings. The van der Waals surface area contributed by atoms with Gasteiger partial charge in [0.15, 0.2) is 0 Å². The van der Waals surface area contributed by atoms with Crippen molar-refractivity contribution in [2.24, 2.45) is 5.73 Å². The normalized spacial score (nSPS) is 12.4. The Bertz CT molecular complexity index is 384. The maximum Gasteiger partial charge on any atom is 0.323 e. The molecule has 128 valence electrons. The van der Waals surface area contributed by atoms with E-state index in [1.165, 1.54) is 13.8 Å². The molecule has 0 amide bonds. The highest BCUT2D eigenvalue weighted by atomic mass is 16.5. The zero-order valence-corrected chi connectivity index (χ0v) is 13.5. The van der Waals surface area contributed by atoms with Gasteiger partial charge in [0.25, 0.3) is 0 Å². The van der Waals surface area contributed by atoms with Gasteiger partial charge in [0.1, 0.15) is 23.7 Å². The first kappa shape index (κ1) is 22.5. The van der Waals surface area contributed by atoms with E-state index in [9.17, 15) is 19.2 Å². The summed E-state index contributed by atoms with van der Waals surface area (Å²) in [5.41, 5.74) is 5.31. The molecule has 0 radical (unpaired) electrons. The number of rotatable bonds is 9. The van der Waals surface area contributed by atoms with Crippen LogP contribution in [0.5, 0.6) is 0 Å². The Morgan fingerprint density at radius 3 is 1.91 bits per heavy atom. The standard InChI is InChI=1S/2C7H13NO3/c1-3-11-7(10)6(8)4-5(2)9;1-3-8-6(7(10)11)4-5(2)9/h6H,3-4,8H2,1-2H3;6,8H,3-4H2,1-2H3,(H,10,11). The third-order valence-electron chi connectivity index (χ3n) is 2.34. The van der Waals surface area contributed by atoms with Crippen molar-refractivity contribution < 1.29 is 29.0 Å². The van der Waals surface area contributed by atoms with Crippen LogP contribution in [0.15, 0.2) is 0 Å². The molecule has 0 aromatic rings. The number of nitrogens with one attached hydrogen (secondary N) is 1. The largest absolute Gasteiger partial charge is 0.480 e. The Labute approximate surface area is 130 Å². The molecule has 22 heavy (non-hydrogen) atoms. The van der Waals surface area contributed by atoms with E-state index in [1.807, 2.05) is 0 Å². The second kappa shape index (κ2) is 12.9. The molecule has 0 aliphatic carbocycles. The summed E-state index contributed by atoms with van der Waals surface area (Å²) >= 11 is 0. The predicted molar refractivity (Wildman–Crippen MR) is 80.3 cm³/mol. The molecule has 0 aromatic heterocycles. The molecule has 0 heterocycles. The lowest BCUT2D eigenvalue weighted by Gasteiger charge is -2.09. The van der Waals surface area contributed by atoms with Crippen molar-refractivity contribution in [1.29, 1.82) is 0 Å². The molecule has 2 unspecified atom stereocenters. The van der Waals surface area contributed by atoms with Gasteiger partial charge in [-0.25, -0.2) is 0 Å². The van der Waals surface area contributed by atoms with Gasteiger partial charge in [-0.2, -0.15) is 0 Å². The van der Waals surface area contributed by atoms with Crippen LogP contribution in [0.2, 0.25) is 0 Å². The fourth-order valence-electron chi connectivity index (χ4n) is 1.42. The molecule has 0 saturated heterocycles. The quantitative estimate of drug-likeness (QED) is 0.501. The highest BCUT2D eigenvalue weighted by molar-refractivity contribution is 5.85. The molecule has 0 bridgehead atoms. The molecule has 0 aliphatic rings. The molecule has 8 nitrogen and oxygen atoms in total. The number of nitrogens with two attached hydrogens (primary N) is 1. The fraction of sp³-hybridized carbons (Fsp3) is 0.714. The van der Waals surface area contributed by atoms with Crippen LogP contribution in [0.4, 0.5) is 0 Å². The van der Waals surface area contributed by atoms with Crippen molar-refractivity contribution in [3.63, 3.8) is 0 Å². The molecule has 0 saturated carbocycles.